The van der Waals surface area contributed by atoms with Crippen molar-refractivity contribution >= 4 is 30.8 Å². The molecule has 3 aromatic rings. The lowest BCUT2D eigenvalue weighted by molar-refractivity contribution is -0.149. The minimum absolute atomic E-state index is 0.0636. The van der Waals surface area contributed by atoms with Crippen LogP contribution in [0, 0.1) is 0 Å². The highest BCUT2D eigenvalue weighted by atomic mass is 31.2. The summed E-state index contributed by atoms with van der Waals surface area (Å²) < 4.78 is 59.1. The molecule has 5 unspecified atom stereocenters. The van der Waals surface area contributed by atoms with Crippen molar-refractivity contribution in [3.8, 4) is 11.6 Å². The second kappa shape index (κ2) is 12.0. The highest BCUT2D eigenvalue weighted by Gasteiger charge is 2.48. The summed E-state index contributed by atoms with van der Waals surface area (Å²) in [6.45, 7) is 8.05. The maximum Gasteiger partial charge on any atom is 0.459 e. The molecule has 4 rings (SSSR count). The maximum absolute atomic E-state index is 15.9. The molecule has 1 saturated heterocycles. The summed E-state index contributed by atoms with van der Waals surface area (Å²) >= 11 is 0. The molecule has 1 aliphatic rings. The van der Waals surface area contributed by atoms with E-state index in [2.05, 4.69) is 20.0 Å². The number of nitrogens with two attached hydrogens (primary N) is 1. The van der Waals surface area contributed by atoms with Crippen molar-refractivity contribution in [1.29, 1.82) is 0 Å². The minimum Gasteiger partial charge on any atom is -0.476 e. The number of hydrogen-bond acceptors (Lipinski definition) is 11. The van der Waals surface area contributed by atoms with Crippen LogP contribution in [0.5, 0.6) is 11.6 Å². The molecule has 0 bridgehead atoms. The van der Waals surface area contributed by atoms with Crippen molar-refractivity contribution in [2.24, 2.45) is 0 Å². The van der Waals surface area contributed by atoms with Crippen LogP contribution in [0.4, 0.5) is 10.3 Å². The second-order valence-corrected chi connectivity index (χ2v) is 11.5. The minimum atomic E-state index is -4.15. The van der Waals surface area contributed by atoms with Crippen LogP contribution in [0.15, 0.2) is 36.7 Å². The number of para-hydroxylation sites is 1. The Morgan fingerprint density at radius 2 is 2.02 bits per heavy atom. The largest absolute Gasteiger partial charge is 0.476 e. The molecule has 1 fully saturated rings. The molecular weight excluding hydrogens is 546 g/mol. The number of rotatable bonds is 12. The van der Waals surface area contributed by atoms with Crippen LogP contribution >= 0.6 is 7.75 Å². The van der Waals surface area contributed by atoms with Gasteiger partial charge in [-0.1, -0.05) is 18.2 Å². The molecule has 2 aromatic heterocycles. The molecule has 3 heterocycles. The van der Waals surface area contributed by atoms with Crippen LogP contribution in [0.25, 0.3) is 11.2 Å². The zero-order valence-corrected chi connectivity index (χ0v) is 23.8. The van der Waals surface area contributed by atoms with Gasteiger partial charge in [0.25, 0.3) is 0 Å². The van der Waals surface area contributed by atoms with Gasteiger partial charge in [0.1, 0.15) is 11.8 Å². The lowest BCUT2D eigenvalue weighted by atomic mass is 10.0. The number of aromatic nitrogens is 4. The third-order valence-corrected chi connectivity index (χ3v) is 7.50. The van der Waals surface area contributed by atoms with Gasteiger partial charge in [-0.2, -0.15) is 15.1 Å². The molecular formula is C25H34FN6O7P. The summed E-state index contributed by atoms with van der Waals surface area (Å²) in [4.78, 5) is 24.9. The molecule has 0 radical (unpaired) electrons. The monoisotopic (exact) mass is 580 g/mol. The molecule has 0 saturated carbocycles. The van der Waals surface area contributed by atoms with Crippen molar-refractivity contribution < 1.29 is 37.0 Å². The van der Waals surface area contributed by atoms with Gasteiger partial charge in [0, 0.05) is 6.42 Å². The predicted molar refractivity (Wildman–Crippen MR) is 143 cm³/mol. The Balaban J connectivity index is 1.52. The predicted octanol–water partition coefficient (Wildman–Crippen LogP) is 3.96. The van der Waals surface area contributed by atoms with Gasteiger partial charge in [-0.25, -0.2) is 13.9 Å². The standard InChI is InChI=1S/C25H34FN6O7P/c1-6-35-21-19-20(29-24(27)30-21)32(14-28-19)23-25(5,26)12-18(38-23)13-36-40(34,39-17-10-8-7-9-11-17)31-16(4)22(33)37-15(2)3/h7-11,14-16,18,23H,6,12-13H2,1-5H3,(H,31,34)(H2,27,29,30). The van der Waals surface area contributed by atoms with E-state index in [0.717, 1.165) is 0 Å². The molecule has 40 heavy (non-hydrogen) atoms. The zero-order valence-electron chi connectivity index (χ0n) is 22.9. The van der Waals surface area contributed by atoms with Gasteiger partial charge >= 0.3 is 13.7 Å². The highest BCUT2D eigenvalue weighted by molar-refractivity contribution is 7.52. The van der Waals surface area contributed by atoms with Crippen LogP contribution in [0.1, 0.15) is 47.3 Å². The molecule has 1 aliphatic heterocycles. The summed E-state index contributed by atoms with van der Waals surface area (Å²) in [5.41, 5.74) is 4.50. The van der Waals surface area contributed by atoms with Gasteiger partial charge in [0.2, 0.25) is 11.8 Å². The van der Waals surface area contributed by atoms with Crippen molar-refractivity contribution in [3.63, 3.8) is 0 Å². The number of ether oxygens (including phenoxy) is 3. The zero-order chi connectivity index (χ0) is 29.1. The molecule has 0 spiro atoms. The summed E-state index contributed by atoms with van der Waals surface area (Å²) in [6.07, 6.45) is -1.10. The lowest BCUT2D eigenvalue weighted by Gasteiger charge is -2.24. The smallest absolute Gasteiger partial charge is 0.459 e. The number of esters is 1. The fourth-order valence-electron chi connectivity index (χ4n) is 4.20. The first-order valence-electron chi connectivity index (χ1n) is 12.9. The number of halogens is 1. The Labute approximate surface area is 231 Å². The van der Waals surface area contributed by atoms with Crippen LogP contribution in [-0.2, 0) is 23.4 Å². The van der Waals surface area contributed by atoms with Gasteiger partial charge in [0.15, 0.2) is 23.1 Å². The van der Waals surface area contributed by atoms with E-state index in [9.17, 15) is 9.36 Å². The topological polar surface area (TPSA) is 162 Å². The van der Waals surface area contributed by atoms with Crippen LogP contribution < -0.4 is 20.1 Å². The molecule has 0 aliphatic carbocycles. The number of nitrogen functional groups attached to an aromatic ring is 1. The molecule has 13 nitrogen and oxygen atoms in total. The van der Waals surface area contributed by atoms with Crippen molar-refractivity contribution in [1.82, 2.24) is 24.6 Å². The van der Waals surface area contributed by atoms with E-state index in [1.165, 1.54) is 24.7 Å². The number of hydrogen-bond donors (Lipinski definition) is 2. The number of anilines is 1. The van der Waals surface area contributed by atoms with Crippen molar-refractivity contribution in [2.75, 3.05) is 18.9 Å². The molecule has 15 heteroatoms. The summed E-state index contributed by atoms with van der Waals surface area (Å²) in [5.74, 6) is -0.275. The molecule has 3 N–H and O–H groups in total. The molecule has 0 amide bonds. The summed E-state index contributed by atoms with van der Waals surface area (Å²) in [6, 6.07) is 7.30. The first-order chi connectivity index (χ1) is 18.9. The number of fused-ring (bicyclic) bond motifs is 1. The normalized spacial score (nSPS) is 23.2. The summed E-state index contributed by atoms with van der Waals surface area (Å²) in [7, 11) is -4.15. The van der Waals surface area contributed by atoms with Gasteiger partial charge in [-0.05, 0) is 46.8 Å². The van der Waals surface area contributed by atoms with E-state index >= 15 is 4.39 Å². The van der Waals surface area contributed by atoms with Crippen molar-refractivity contribution in [3.05, 3.63) is 36.7 Å². The average molecular weight is 581 g/mol. The number of imidazole rings is 1. The van der Waals surface area contributed by atoms with Crippen molar-refractivity contribution in [2.45, 2.75) is 71.2 Å². The SMILES string of the molecule is CCOc1nc(N)nc2c1ncn2C1OC(COP(=O)(NC(C)C(=O)OC(C)C)Oc2ccccc2)CC1(C)F. The van der Waals surface area contributed by atoms with E-state index in [1.54, 1.807) is 51.1 Å². The number of nitrogens with zero attached hydrogens (tertiary/aromatic N) is 4. The Bertz CT molecular complexity index is 1370. The lowest BCUT2D eigenvalue weighted by Crippen LogP contribution is -2.36. The third kappa shape index (κ3) is 6.87. The maximum atomic E-state index is 15.9. The van der Waals surface area contributed by atoms with E-state index in [4.69, 9.17) is 29.0 Å². The van der Waals surface area contributed by atoms with Gasteiger partial charge < -0.3 is 24.5 Å². The molecule has 1 aromatic carbocycles. The van der Waals surface area contributed by atoms with Crippen LogP contribution in [0.2, 0.25) is 0 Å². The Hall–Kier alpha value is -3.32. The number of benzene rings is 1. The van der Waals surface area contributed by atoms with Crippen LogP contribution in [0.3, 0.4) is 0 Å². The van der Waals surface area contributed by atoms with Gasteiger partial charge in [0.05, 0.1) is 31.7 Å². The molecule has 218 valence electrons. The molecule has 5 atom stereocenters. The summed E-state index contributed by atoms with van der Waals surface area (Å²) in [5, 5.41) is 2.61. The van der Waals surface area contributed by atoms with Gasteiger partial charge in [-0.3, -0.25) is 13.9 Å². The number of carbonyl (C=O) groups is 1. The second-order valence-electron chi connectivity index (χ2n) is 9.77. The quantitative estimate of drug-likeness (QED) is 0.235. The Morgan fingerprint density at radius 3 is 2.70 bits per heavy atom. The van der Waals surface area contributed by atoms with Crippen LogP contribution in [-0.4, -0.2) is 62.6 Å². The average Bonchev–Trinajstić information content (AvgIpc) is 3.42. The van der Waals surface area contributed by atoms with E-state index in [-0.39, 0.29) is 42.4 Å². The third-order valence-electron chi connectivity index (χ3n) is 5.86. The number of carbonyl (C=O) groups excluding carboxylic acids is 1. The fraction of sp³-hybridized carbons (Fsp3) is 0.520. The number of alkyl halides is 1. The Morgan fingerprint density at radius 1 is 1.30 bits per heavy atom. The number of nitrogens with one attached hydrogen (secondary N) is 1. The first-order valence-corrected chi connectivity index (χ1v) is 14.4. The first kappa shape index (κ1) is 29.7. The highest BCUT2D eigenvalue weighted by Crippen LogP contribution is 2.48. The fourth-order valence-corrected chi connectivity index (χ4v) is 5.72. The van der Waals surface area contributed by atoms with E-state index < -0.39 is 37.8 Å². The Kier molecular flexibility index (Phi) is 8.93. The van der Waals surface area contributed by atoms with E-state index in [0.29, 0.717) is 12.1 Å². The van der Waals surface area contributed by atoms with E-state index in [1.807, 2.05) is 0 Å². The van der Waals surface area contributed by atoms with Gasteiger partial charge in [-0.15, -0.1) is 0 Å².